The number of thiazole rings is 1. The van der Waals surface area contributed by atoms with E-state index in [0.717, 1.165) is 51.8 Å². The Morgan fingerprint density at radius 1 is 1.05 bits per heavy atom. The molecule has 3 aromatic carbocycles. The van der Waals surface area contributed by atoms with Gasteiger partial charge in [-0.05, 0) is 55.5 Å². The molecule has 1 aromatic heterocycles. The first-order valence-electron chi connectivity index (χ1n) is 13.1. The first-order chi connectivity index (χ1) is 20.9. The molecule has 3 amide bonds. The zero-order valence-electron chi connectivity index (χ0n) is 22.6. The number of benzene rings is 3. The fourth-order valence-electron chi connectivity index (χ4n) is 5.30. The number of imide groups is 1. The van der Waals surface area contributed by atoms with Gasteiger partial charge in [-0.1, -0.05) is 58.5 Å². The van der Waals surface area contributed by atoms with Gasteiger partial charge in [0.1, 0.15) is 11.0 Å². The monoisotopic (exact) mass is 659 g/mol. The number of hydrogen-bond acceptors (Lipinski definition) is 7. The van der Waals surface area contributed by atoms with Crippen molar-refractivity contribution in [2.75, 3.05) is 16.8 Å². The lowest BCUT2D eigenvalue weighted by atomic mass is 9.82. The predicted octanol–water partition coefficient (Wildman–Crippen LogP) is 6.23. The van der Waals surface area contributed by atoms with E-state index >= 15 is 0 Å². The van der Waals surface area contributed by atoms with Gasteiger partial charge in [-0.3, -0.25) is 19.2 Å². The number of fused-ring (bicyclic) bond motifs is 2. The number of hydrogen-bond donors (Lipinski definition) is 2. The summed E-state index contributed by atoms with van der Waals surface area (Å²) < 4.78 is 46.3. The van der Waals surface area contributed by atoms with Crippen LogP contribution in [0.5, 0.6) is 5.75 Å². The molecule has 2 aliphatic heterocycles. The fourth-order valence-corrected chi connectivity index (χ4v) is 7.99. The smallest absolute Gasteiger partial charge is 0.416 e. The van der Waals surface area contributed by atoms with Crippen molar-refractivity contribution in [3.63, 3.8) is 0 Å². The van der Waals surface area contributed by atoms with Gasteiger partial charge >= 0.3 is 11.0 Å². The highest BCUT2D eigenvalue weighted by Gasteiger charge is 2.57. The molecule has 0 spiro atoms. The minimum atomic E-state index is -4.69. The Labute approximate surface area is 261 Å². The highest BCUT2D eigenvalue weighted by molar-refractivity contribution is 8.00. The normalized spacial score (nSPS) is 19.5. The molecule has 3 unspecified atom stereocenters. The Morgan fingerprint density at radius 2 is 1.80 bits per heavy atom. The second-order valence-corrected chi connectivity index (χ2v) is 12.8. The van der Waals surface area contributed by atoms with Crippen molar-refractivity contribution in [2.45, 2.75) is 29.3 Å². The Kier molecular flexibility index (Phi) is 7.80. The van der Waals surface area contributed by atoms with Crippen LogP contribution >= 0.6 is 34.7 Å². The minimum absolute atomic E-state index is 0.189. The van der Waals surface area contributed by atoms with Crippen molar-refractivity contribution in [1.82, 2.24) is 4.98 Å². The number of nitrogens with zero attached hydrogens (tertiary/aromatic N) is 1. The maximum absolute atomic E-state index is 14.0. The van der Waals surface area contributed by atoms with Crippen LogP contribution in [0.4, 0.5) is 24.5 Å². The molecule has 2 N–H and O–H groups in total. The molecule has 1 saturated heterocycles. The summed E-state index contributed by atoms with van der Waals surface area (Å²) in [6.07, 6.45) is -4.69. The van der Waals surface area contributed by atoms with E-state index in [1.54, 1.807) is 12.1 Å². The van der Waals surface area contributed by atoms with Crippen LogP contribution in [0.3, 0.4) is 0 Å². The summed E-state index contributed by atoms with van der Waals surface area (Å²) in [6.45, 7) is 1.51. The number of amides is 3. The number of aromatic nitrogens is 1. The number of H-pyrrole nitrogens is 1. The molecule has 3 atom stereocenters. The average Bonchev–Trinajstić information content (AvgIpc) is 3.47. The van der Waals surface area contributed by atoms with E-state index in [9.17, 15) is 32.3 Å². The summed E-state index contributed by atoms with van der Waals surface area (Å²) in [5, 5.41) is 2.30. The van der Waals surface area contributed by atoms with Crippen LogP contribution in [0.2, 0.25) is 5.02 Å². The summed E-state index contributed by atoms with van der Waals surface area (Å²) in [7, 11) is 0. The number of ether oxygens (including phenoxy) is 1. The molecule has 6 rings (SSSR count). The highest BCUT2D eigenvalue weighted by Crippen LogP contribution is 2.55. The van der Waals surface area contributed by atoms with E-state index < -0.39 is 58.0 Å². The van der Waals surface area contributed by atoms with Gasteiger partial charge in [-0.2, -0.15) is 13.2 Å². The Morgan fingerprint density at radius 3 is 2.52 bits per heavy atom. The molecule has 0 aliphatic carbocycles. The van der Waals surface area contributed by atoms with Crippen LogP contribution in [-0.4, -0.2) is 34.6 Å². The van der Waals surface area contributed by atoms with Crippen LogP contribution in [0, 0.1) is 12.8 Å². The van der Waals surface area contributed by atoms with E-state index in [1.165, 1.54) is 24.3 Å². The second-order valence-electron chi connectivity index (χ2n) is 10.2. The summed E-state index contributed by atoms with van der Waals surface area (Å²) in [5.41, 5.74) is 0.717. The molecule has 8 nitrogen and oxygen atoms in total. The van der Waals surface area contributed by atoms with Gasteiger partial charge in [-0.25, -0.2) is 4.90 Å². The van der Waals surface area contributed by atoms with Gasteiger partial charge in [0.15, 0.2) is 6.61 Å². The number of thioether (sulfide) groups is 1. The lowest BCUT2D eigenvalue weighted by Gasteiger charge is -2.31. The molecule has 44 heavy (non-hydrogen) atoms. The lowest BCUT2D eigenvalue weighted by Crippen LogP contribution is -2.32. The number of aromatic amines is 1. The fraction of sp³-hybridized carbons (Fsp3) is 0.200. The van der Waals surface area contributed by atoms with E-state index in [4.69, 9.17) is 16.3 Å². The number of alkyl halides is 3. The van der Waals surface area contributed by atoms with Crippen LogP contribution < -0.4 is 19.8 Å². The van der Waals surface area contributed by atoms with Crippen molar-refractivity contribution in [3.8, 4) is 5.75 Å². The standard InChI is InChI=1S/C30H21ClF3N3O5S2/c1-14-5-8-17(9-6-14)35-21(38)13-42-20-10-7-16(31)12-19(20)22-23-25(43-26-24(22)44-29(41)36-26)28(40)37(27(23)39)18-4-2-3-15(11-18)30(32,33)34/h2-12,22-23,25H,13H2,1H3,(H,35,38)(H,36,41). The number of halogens is 4. The SMILES string of the molecule is Cc1ccc(NC(=O)COc2ccc(Cl)cc2C2c3sc(=O)[nH]c3SC3C(=O)N(c4cccc(C(F)(F)F)c4)C(=O)C32)cc1. The minimum Gasteiger partial charge on any atom is -0.483 e. The maximum Gasteiger partial charge on any atom is 0.416 e. The third-order valence-electron chi connectivity index (χ3n) is 7.26. The molecule has 0 saturated carbocycles. The highest BCUT2D eigenvalue weighted by atomic mass is 35.5. The van der Waals surface area contributed by atoms with Gasteiger partial charge in [0, 0.05) is 27.1 Å². The van der Waals surface area contributed by atoms with Crippen molar-refractivity contribution >= 4 is 63.8 Å². The van der Waals surface area contributed by atoms with Crippen LogP contribution in [0.15, 0.2) is 76.6 Å². The molecule has 2 aliphatic rings. The third kappa shape index (κ3) is 5.62. The first kappa shape index (κ1) is 30.0. The number of anilines is 2. The average molecular weight is 660 g/mol. The molecule has 4 aromatic rings. The Balaban J connectivity index is 1.36. The van der Waals surface area contributed by atoms with Crippen molar-refractivity contribution < 1.29 is 32.3 Å². The Hall–Kier alpha value is -4.07. The zero-order chi connectivity index (χ0) is 31.3. The number of aryl methyl sites for hydroxylation is 1. The quantitative estimate of drug-likeness (QED) is 0.238. The topological polar surface area (TPSA) is 109 Å². The zero-order valence-corrected chi connectivity index (χ0v) is 25.0. The molecule has 14 heteroatoms. The second kappa shape index (κ2) is 11.5. The molecule has 0 bridgehead atoms. The van der Waals surface area contributed by atoms with Gasteiger partial charge in [0.25, 0.3) is 5.91 Å². The van der Waals surface area contributed by atoms with E-state index in [0.29, 0.717) is 21.2 Å². The molecule has 1 fully saturated rings. The van der Waals surface area contributed by atoms with E-state index in [1.807, 2.05) is 19.1 Å². The summed E-state index contributed by atoms with van der Waals surface area (Å²) >= 11 is 8.20. The van der Waals surface area contributed by atoms with E-state index in [-0.39, 0.29) is 16.5 Å². The molecular formula is C30H21ClF3N3O5S2. The molecular weight excluding hydrogens is 639 g/mol. The largest absolute Gasteiger partial charge is 0.483 e. The summed E-state index contributed by atoms with van der Waals surface area (Å²) in [5.74, 6) is -3.75. The predicted molar refractivity (Wildman–Crippen MR) is 161 cm³/mol. The summed E-state index contributed by atoms with van der Waals surface area (Å²) in [6, 6.07) is 15.8. The van der Waals surface area contributed by atoms with Gasteiger partial charge < -0.3 is 15.0 Å². The van der Waals surface area contributed by atoms with E-state index in [2.05, 4.69) is 10.3 Å². The number of carbonyl (C=O) groups excluding carboxylic acids is 3. The van der Waals surface area contributed by atoms with Gasteiger partial charge in [-0.15, -0.1) is 0 Å². The number of rotatable bonds is 6. The number of nitrogens with one attached hydrogen (secondary N) is 2. The molecule has 226 valence electrons. The third-order valence-corrected chi connectivity index (χ3v) is 9.89. The molecule has 0 radical (unpaired) electrons. The van der Waals surface area contributed by atoms with Gasteiger partial charge in [0.05, 0.1) is 22.2 Å². The number of carbonyl (C=O) groups is 3. The van der Waals surface area contributed by atoms with Crippen LogP contribution in [-0.2, 0) is 20.6 Å². The lowest BCUT2D eigenvalue weighted by molar-refractivity contribution is -0.137. The summed E-state index contributed by atoms with van der Waals surface area (Å²) in [4.78, 5) is 56.3. The van der Waals surface area contributed by atoms with Crippen LogP contribution in [0.1, 0.15) is 27.5 Å². The van der Waals surface area contributed by atoms with Crippen molar-refractivity contribution in [2.24, 2.45) is 5.92 Å². The first-order valence-corrected chi connectivity index (χ1v) is 15.2. The maximum atomic E-state index is 14.0. The Bertz CT molecular complexity index is 1860. The van der Waals surface area contributed by atoms with Gasteiger partial charge in [0.2, 0.25) is 11.8 Å². The van der Waals surface area contributed by atoms with Crippen molar-refractivity contribution in [3.05, 3.63) is 103 Å². The van der Waals surface area contributed by atoms with Crippen LogP contribution in [0.25, 0.3) is 0 Å². The molecule has 3 heterocycles. The van der Waals surface area contributed by atoms with Crippen molar-refractivity contribution in [1.29, 1.82) is 0 Å².